The summed E-state index contributed by atoms with van der Waals surface area (Å²) in [6.45, 7) is 2.39. The Hall–Kier alpha value is -1.91. The van der Waals surface area contributed by atoms with E-state index in [0.717, 1.165) is 19.1 Å². The summed E-state index contributed by atoms with van der Waals surface area (Å²) in [6.07, 6.45) is 4.40. The van der Waals surface area contributed by atoms with Crippen molar-refractivity contribution in [1.82, 2.24) is 14.6 Å². The van der Waals surface area contributed by atoms with Crippen LogP contribution in [-0.2, 0) is 14.8 Å². The third kappa shape index (κ3) is 7.14. The number of aromatic nitrogens is 1. The first-order chi connectivity index (χ1) is 12.4. The Labute approximate surface area is 154 Å². The van der Waals surface area contributed by atoms with Crippen LogP contribution < -0.4 is 14.8 Å². The van der Waals surface area contributed by atoms with Gasteiger partial charge in [0.1, 0.15) is 6.61 Å². The van der Waals surface area contributed by atoms with E-state index in [4.69, 9.17) is 9.47 Å². The Kier molecular flexibility index (Phi) is 7.61. The molecule has 0 bridgehead atoms. The summed E-state index contributed by atoms with van der Waals surface area (Å²) in [5.74, 6) is 0.573. The number of amides is 2. The molecule has 1 aliphatic rings. The van der Waals surface area contributed by atoms with Gasteiger partial charge in [0.2, 0.25) is 15.9 Å². The van der Waals surface area contributed by atoms with Crippen molar-refractivity contribution >= 4 is 21.7 Å². The van der Waals surface area contributed by atoms with Crippen molar-refractivity contribution in [2.75, 3.05) is 51.5 Å². The highest BCUT2D eigenvalue weighted by molar-refractivity contribution is 7.88. The van der Waals surface area contributed by atoms with E-state index in [9.17, 15) is 13.2 Å². The zero-order valence-electron chi connectivity index (χ0n) is 15.1. The monoisotopic (exact) mass is 386 g/mol. The summed E-state index contributed by atoms with van der Waals surface area (Å²) in [5, 5.41) is 2.80. The van der Waals surface area contributed by atoms with Gasteiger partial charge in [-0.3, -0.25) is 0 Å². The quantitative estimate of drug-likeness (QED) is 0.643. The minimum Gasteiger partial charge on any atom is -0.475 e. The van der Waals surface area contributed by atoms with Gasteiger partial charge in [0.05, 0.1) is 24.7 Å². The number of pyridine rings is 1. The van der Waals surface area contributed by atoms with Gasteiger partial charge < -0.3 is 19.7 Å². The van der Waals surface area contributed by atoms with Gasteiger partial charge in [0.25, 0.3) is 0 Å². The number of methoxy groups -OCH3 is 1. The summed E-state index contributed by atoms with van der Waals surface area (Å²) in [7, 11) is -1.62. The van der Waals surface area contributed by atoms with E-state index >= 15 is 0 Å². The number of hydrogen-bond donors (Lipinski definition) is 2. The SMILES string of the molecule is COCCOc1ccc(NC(=O)N2CCC[C@H](CNS(C)(=O)=O)C2)cn1. The molecule has 1 aromatic rings. The van der Waals surface area contributed by atoms with Gasteiger partial charge in [-0.1, -0.05) is 0 Å². The van der Waals surface area contributed by atoms with Crippen molar-refractivity contribution in [2.45, 2.75) is 12.8 Å². The Morgan fingerprint density at radius 2 is 2.19 bits per heavy atom. The molecule has 10 heteroatoms. The van der Waals surface area contributed by atoms with Gasteiger partial charge >= 0.3 is 6.03 Å². The van der Waals surface area contributed by atoms with Crippen molar-refractivity contribution < 1.29 is 22.7 Å². The number of rotatable bonds is 8. The molecule has 1 saturated heterocycles. The maximum Gasteiger partial charge on any atom is 0.321 e. The molecule has 2 N–H and O–H groups in total. The smallest absolute Gasteiger partial charge is 0.321 e. The van der Waals surface area contributed by atoms with E-state index in [0.29, 0.717) is 44.4 Å². The summed E-state index contributed by atoms with van der Waals surface area (Å²) in [5.41, 5.74) is 0.575. The summed E-state index contributed by atoms with van der Waals surface area (Å²) in [6, 6.07) is 3.18. The number of piperidine rings is 1. The van der Waals surface area contributed by atoms with E-state index in [-0.39, 0.29) is 11.9 Å². The topological polar surface area (TPSA) is 110 Å². The molecular formula is C16H26N4O5S. The number of carbonyl (C=O) groups excluding carboxylic acids is 1. The maximum atomic E-state index is 12.4. The van der Waals surface area contributed by atoms with Crippen molar-refractivity contribution in [3.05, 3.63) is 18.3 Å². The van der Waals surface area contributed by atoms with Crippen LogP contribution in [0.3, 0.4) is 0 Å². The average molecular weight is 386 g/mol. The van der Waals surface area contributed by atoms with Crippen LogP contribution in [0, 0.1) is 5.92 Å². The fourth-order valence-electron chi connectivity index (χ4n) is 2.66. The number of likely N-dealkylation sites (tertiary alicyclic amines) is 1. The molecule has 1 aliphatic heterocycles. The summed E-state index contributed by atoms with van der Waals surface area (Å²) < 4.78 is 35.2. The van der Waals surface area contributed by atoms with E-state index in [1.54, 1.807) is 24.1 Å². The molecule has 26 heavy (non-hydrogen) atoms. The van der Waals surface area contributed by atoms with E-state index in [2.05, 4.69) is 15.0 Å². The number of sulfonamides is 1. The second kappa shape index (κ2) is 9.70. The standard InChI is InChI=1S/C16H26N4O5S/c1-24-8-9-25-15-6-5-14(11-17-15)19-16(21)20-7-3-4-13(12-20)10-18-26(2,22)23/h5-6,11,13,18H,3-4,7-10,12H2,1-2H3,(H,19,21)/t13-/m1/s1. The second-order valence-corrected chi connectivity index (χ2v) is 8.06. The number of hydrogen-bond acceptors (Lipinski definition) is 6. The number of urea groups is 1. The van der Waals surface area contributed by atoms with E-state index in [1.165, 1.54) is 6.20 Å². The molecule has 2 rings (SSSR count). The van der Waals surface area contributed by atoms with Crippen LogP contribution in [0.2, 0.25) is 0 Å². The molecule has 1 fully saturated rings. The van der Waals surface area contributed by atoms with Gasteiger partial charge in [-0.2, -0.15) is 0 Å². The lowest BCUT2D eigenvalue weighted by molar-refractivity contribution is 0.144. The number of nitrogens with one attached hydrogen (secondary N) is 2. The predicted octanol–water partition coefficient (Wildman–Crippen LogP) is 0.900. The van der Waals surface area contributed by atoms with Crippen molar-refractivity contribution in [2.24, 2.45) is 5.92 Å². The van der Waals surface area contributed by atoms with E-state index < -0.39 is 10.0 Å². The minimum atomic E-state index is -3.22. The molecule has 1 aromatic heterocycles. The largest absolute Gasteiger partial charge is 0.475 e. The second-order valence-electron chi connectivity index (χ2n) is 6.23. The zero-order valence-corrected chi connectivity index (χ0v) is 15.9. The number of anilines is 1. The van der Waals surface area contributed by atoms with Crippen LogP contribution in [0.15, 0.2) is 18.3 Å². The average Bonchev–Trinajstić information content (AvgIpc) is 2.61. The Morgan fingerprint density at radius 3 is 2.85 bits per heavy atom. The maximum absolute atomic E-state index is 12.4. The molecule has 0 unspecified atom stereocenters. The van der Waals surface area contributed by atoms with Crippen molar-refractivity contribution in [1.29, 1.82) is 0 Å². The fourth-order valence-corrected chi connectivity index (χ4v) is 3.20. The Morgan fingerprint density at radius 1 is 1.38 bits per heavy atom. The first-order valence-corrected chi connectivity index (χ1v) is 10.3. The molecular weight excluding hydrogens is 360 g/mol. The number of nitrogens with zero attached hydrogens (tertiary/aromatic N) is 2. The molecule has 0 saturated carbocycles. The van der Waals surface area contributed by atoms with Crippen LogP contribution in [0.5, 0.6) is 5.88 Å². The molecule has 0 aromatic carbocycles. The van der Waals surface area contributed by atoms with Gasteiger partial charge in [0.15, 0.2) is 0 Å². The van der Waals surface area contributed by atoms with Crippen LogP contribution >= 0.6 is 0 Å². The normalized spacial score (nSPS) is 17.8. The molecule has 1 atom stereocenters. The molecule has 0 radical (unpaired) electrons. The van der Waals surface area contributed by atoms with Crippen LogP contribution in [0.25, 0.3) is 0 Å². The number of carbonyl (C=O) groups is 1. The minimum absolute atomic E-state index is 0.110. The lowest BCUT2D eigenvalue weighted by Crippen LogP contribution is -2.45. The molecule has 0 spiro atoms. The molecule has 9 nitrogen and oxygen atoms in total. The lowest BCUT2D eigenvalue weighted by atomic mass is 9.99. The van der Waals surface area contributed by atoms with Crippen LogP contribution in [-0.4, -0.2) is 70.5 Å². The van der Waals surface area contributed by atoms with Crippen LogP contribution in [0.4, 0.5) is 10.5 Å². The third-order valence-electron chi connectivity index (χ3n) is 3.97. The van der Waals surface area contributed by atoms with Gasteiger partial charge in [-0.05, 0) is 24.8 Å². The van der Waals surface area contributed by atoms with E-state index in [1.807, 2.05) is 0 Å². The highest BCUT2D eigenvalue weighted by atomic mass is 32.2. The van der Waals surface area contributed by atoms with Gasteiger partial charge in [-0.25, -0.2) is 22.9 Å². The zero-order chi connectivity index (χ0) is 19.0. The molecule has 146 valence electrons. The molecule has 0 aliphatic carbocycles. The third-order valence-corrected chi connectivity index (χ3v) is 4.66. The molecule has 2 heterocycles. The van der Waals surface area contributed by atoms with Crippen LogP contribution in [0.1, 0.15) is 12.8 Å². The Bertz CT molecular complexity index is 680. The number of ether oxygens (including phenoxy) is 2. The lowest BCUT2D eigenvalue weighted by Gasteiger charge is -2.32. The van der Waals surface area contributed by atoms with Crippen molar-refractivity contribution in [3.8, 4) is 5.88 Å². The van der Waals surface area contributed by atoms with Gasteiger partial charge in [0, 0.05) is 32.8 Å². The van der Waals surface area contributed by atoms with Gasteiger partial charge in [-0.15, -0.1) is 0 Å². The predicted molar refractivity (Wildman–Crippen MR) is 97.8 cm³/mol. The van der Waals surface area contributed by atoms with Crippen molar-refractivity contribution in [3.63, 3.8) is 0 Å². The highest BCUT2D eigenvalue weighted by Crippen LogP contribution is 2.18. The fraction of sp³-hybridized carbons (Fsp3) is 0.625. The molecule has 2 amide bonds. The Balaban J connectivity index is 1.82. The summed E-state index contributed by atoms with van der Waals surface area (Å²) in [4.78, 5) is 18.2. The summed E-state index contributed by atoms with van der Waals surface area (Å²) >= 11 is 0. The first kappa shape index (κ1) is 20.4. The first-order valence-electron chi connectivity index (χ1n) is 8.46. The highest BCUT2D eigenvalue weighted by Gasteiger charge is 2.24.